The van der Waals surface area contributed by atoms with Gasteiger partial charge in [0, 0.05) is 12.8 Å². The molecule has 6 heteroatoms. The first-order valence-electron chi connectivity index (χ1n) is 5.79. The summed E-state index contributed by atoms with van der Waals surface area (Å²) in [6.45, 7) is 1.84. The predicted molar refractivity (Wildman–Crippen MR) is 67.7 cm³/mol. The largest absolute Gasteiger partial charge is 0.481 e. The Bertz CT molecular complexity index is 537. The van der Waals surface area contributed by atoms with E-state index in [1.54, 1.807) is 19.1 Å². The van der Waals surface area contributed by atoms with Gasteiger partial charge in [-0.25, -0.2) is 4.39 Å². The van der Waals surface area contributed by atoms with Gasteiger partial charge in [-0.3, -0.25) is 4.79 Å². The first-order valence-corrected chi connectivity index (χ1v) is 5.79. The van der Waals surface area contributed by atoms with Gasteiger partial charge < -0.3 is 9.84 Å². The Hall–Kier alpha value is -2.24. The molecule has 1 aromatic rings. The second kappa shape index (κ2) is 5.60. The van der Waals surface area contributed by atoms with Gasteiger partial charge in [0.25, 0.3) is 0 Å². The van der Waals surface area contributed by atoms with Crippen molar-refractivity contribution in [3.8, 4) is 0 Å². The van der Waals surface area contributed by atoms with E-state index in [9.17, 15) is 9.18 Å². The molecule has 1 N–H and O–H groups in total. The molecule has 1 aliphatic heterocycles. The third-order valence-corrected chi connectivity index (χ3v) is 2.74. The van der Waals surface area contributed by atoms with Gasteiger partial charge in [0.1, 0.15) is 5.82 Å². The maximum Gasteiger partial charge on any atom is 0.304 e. The molecule has 0 amide bonds. The van der Waals surface area contributed by atoms with Crippen molar-refractivity contribution in [2.24, 2.45) is 16.1 Å². The van der Waals surface area contributed by atoms with Crippen molar-refractivity contribution >= 4 is 17.6 Å². The van der Waals surface area contributed by atoms with Gasteiger partial charge in [0.15, 0.2) is 0 Å². The summed E-state index contributed by atoms with van der Waals surface area (Å²) in [5, 5.41) is 16.8. The maximum atomic E-state index is 12.9. The number of halogens is 1. The highest BCUT2D eigenvalue weighted by Gasteiger charge is 2.24. The molecular formula is C13H13FN2O3. The minimum Gasteiger partial charge on any atom is -0.481 e. The van der Waals surface area contributed by atoms with E-state index in [0.29, 0.717) is 17.2 Å². The number of carboxylic acids is 1. The molecule has 0 aliphatic carbocycles. The van der Waals surface area contributed by atoms with E-state index in [4.69, 9.17) is 9.84 Å². The number of carboxylic acid groups (broad SMARTS) is 1. The van der Waals surface area contributed by atoms with E-state index in [1.807, 2.05) is 0 Å². The van der Waals surface area contributed by atoms with Crippen molar-refractivity contribution in [3.63, 3.8) is 0 Å². The topological polar surface area (TPSA) is 71.2 Å². The van der Waals surface area contributed by atoms with E-state index in [2.05, 4.69) is 10.2 Å². The van der Waals surface area contributed by atoms with Crippen LogP contribution in [0, 0.1) is 11.7 Å². The summed E-state index contributed by atoms with van der Waals surface area (Å²) in [5.74, 6) is -1.33. The zero-order chi connectivity index (χ0) is 13.8. The highest BCUT2D eigenvalue weighted by atomic mass is 19.1. The van der Waals surface area contributed by atoms with Crippen LogP contribution in [0.25, 0.3) is 0 Å². The fourth-order valence-corrected chi connectivity index (χ4v) is 1.82. The molecule has 1 aliphatic rings. The number of hydrogen-bond acceptors (Lipinski definition) is 4. The molecule has 1 aromatic carbocycles. The molecule has 0 spiro atoms. The molecule has 100 valence electrons. The summed E-state index contributed by atoms with van der Waals surface area (Å²) in [4.78, 5) is 10.9. The Balaban J connectivity index is 2.34. The quantitative estimate of drug-likeness (QED) is 0.908. The Morgan fingerprint density at radius 1 is 1.42 bits per heavy atom. The van der Waals surface area contributed by atoms with Crippen LogP contribution in [0.4, 0.5) is 4.39 Å². The normalized spacial score (nSPS) is 18.9. The van der Waals surface area contributed by atoms with Gasteiger partial charge in [0.2, 0.25) is 5.90 Å². The SMILES string of the molecule is CC1=NN=C(c2ccc(F)cc2)C(CC(=O)O)CO1. The molecule has 0 bridgehead atoms. The first-order chi connectivity index (χ1) is 9.06. The van der Waals surface area contributed by atoms with Crippen molar-refractivity contribution in [3.05, 3.63) is 35.6 Å². The molecule has 1 unspecified atom stereocenters. The van der Waals surface area contributed by atoms with Gasteiger partial charge in [-0.2, -0.15) is 5.10 Å². The van der Waals surface area contributed by atoms with E-state index >= 15 is 0 Å². The number of benzene rings is 1. The van der Waals surface area contributed by atoms with Gasteiger partial charge in [-0.05, 0) is 17.7 Å². The highest BCUT2D eigenvalue weighted by molar-refractivity contribution is 6.04. The van der Waals surface area contributed by atoms with Crippen LogP contribution in [-0.4, -0.2) is 29.3 Å². The number of hydrogen-bond donors (Lipinski definition) is 1. The minimum atomic E-state index is -0.942. The molecule has 2 rings (SSSR count). The summed E-state index contributed by atoms with van der Waals surface area (Å²) < 4.78 is 18.2. The molecular weight excluding hydrogens is 251 g/mol. The van der Waals surface area contributed by atoms with E-state index < -0.39 is 11.9 Å². The molecule has 0 radical (unpaired) electrons. The van der Waals surface area contributed by atoms with Crippen LogP contribution in [0.15, 0.2) is 34.5 Å². The Labute approximate surface area is 109 Å². The van der Waals surface area contributed by atoms with Crippen LogP contribution in [0.1, 0.15) is 18.9 Å². The number of rotatable bonds is 3. The summed E-state index contributed by atoms with van der Waals surface area (Å²) in [6, 6.07) is 5.72. The minimum absolute atomic E-state index is 0.112. The lowest BCUT2D eigenvalue weighted by molar-refractivity contribution is -0.137. The van der Waals surface area contributed by atoms with Crippen LogP contribution >= 0.6 is 0 Å². The predicted octanol–water partition coefficient (Wildman–Crippen LogP) is 2.07. The molecule has 1 heterocycles. The lowest BCUT2D eigenvalue weighted by atomic mass is 9.94. The Morgan fingerprint density at radius 3 is 2.74 bits per heavy atom. The van der Waals surface area contributed by atoms with Crippen molar-refractivity contribution < 1.29 is 19.0 Å². The van der Waals surface area contributed by atoms with E-state index in [0.717, 1.165) is 0 Å². The average Bonchev–Trinajstić information content (AvgIpc) is 2.53. The zero-order valence-electron chi connectivity index (χ0n) is 10.3. The van der Waals surface area contributed by atoms with E-state index in [1.165, 1.54) is 12.1 Å². The average molecular weight is 264 g/mol. The monoisotopic (exact) mass is 264 g/mol. The molecule has 0 aromatic heterocycles. The molecule has 5 nitrogen and oxygen atoms in total. The van der Waals surface area contributed by atoms with Gasteiger partial charge in [-0.1, -0.05) is 12.1 Å². The summed E-state index contributed by atoms with van der Waals surface area (Å²) in [6.07, 6.45) is -0.112. The van der Waals surface area contributed by atoms with Crippen LogP contribution in [-0.2, 0) is 9.53 Å². The molecule has 0 fully saturated rings. The van der Waals surface area contributed by atoms with Crippen LogP contribution in [0.2, 0.25) is 0 Å². The first kappa shape index (κ1) is 13.2. The number of aliphatic carboxylic acids is 1. The smallest absolute Gasteiger partial charge is 0.304 e. The van der Waals surface area contributed by atoms with Crippen LogP contribution < -0.4 is 0 Å². The van der Waals surface area contributed by atoms with Crippen molar-refractivity contribution in [1.29, 1.82) is 0 Å². The van der Waals surface area contributed by atoms with Crippen LogP contribution in [0.3, 0.4) is 0 Å². The van der Waals surface area contributed by atoms with E-state index in [-0.39, 0.29) is 18.8 Å². The van der Waals surface area contributed by atoms with Crippen molar-refractivity contribution in [2.75, 3.05) is 6.61 Å². The maximum absolute atomic E-state index is 12.9. The zero-order valence-corrected chi connectivity index (χ0v) is 10.3. The van der Waals surface area contributed by atoms with Crippen molar-refractivity contribution in [2.45, 2.75) is 13.3 Å². The molecule has 0 saturated heterocycles. The Morgan fingerprint density at radius 2 is 2.11 bits per heavy atom. The fraction of sp³-hybridized carbons (Fsp3) is 0.308. The lowest BCUT2D eigenvalue weighted by Gasteiger charge is -2.15. The summed E-state index contributed by atoms with van der Waals surface area (Å²) in [5.41, 5.74) is 1.15. The number of nitrogens with zero attached hydrogens (tertiary/aromatic N) is 2. The summed E-state index contributed by atoms with van der Waals surface area (Å²) in [7, 11) is 0. The highest BCUT2D eigenvalue weighted by Crippen LogP contribution is 2.18. The fourth-order valence-electron chi connectivity index (χ4n) is 1.82. The van der Waals surface area contributed by atoms with Crippen LogP contribution in [0.5, 0.6) is 0 Å². The van der Waals surface area contributed by atoms with Crippen molar-refractivity contribution in [1.82, 2.24) is 0 Å². The molecule has 19 heavy (non-hydrogen) atoms. The third kappa shape index (κ3) is 3.37. The molecule has 1 atom stereocenters. The summed E-state index contributed by atoms with van der Waals surface area (Å²) >= 11 is 0. The molecule has 0 saturated carbocycles. The van der Waals surface area contributed by atoms with Gasteiger partial charge in [0.05, 0.1) is 18.7 Å². The second-order valence-electron chi connectivity index (χ2n) is 4.22. The number of ether oxygens (including phenoxy) is 1. The lowest BCUT2D eigenvalue weighted by Crippen LogP contribution is -2.23. The van der Waals surface area contributed by atoms with Gasteiger partial charge in [-0.15, -0.1) is 5.10 Å². The Kier molecular flexibility index (Phi) is 3.89. The van der Waals surface area contributed by atoms with Gasteiger partial charge >= 0.3 is 5.97 Å². The second-order valence-corrected chi connectivity index (χ2v) is 4.22. The number of carbonyl (C=O) groups is 1. The standard InChI is InChI=1S/C13H13FN2O3/c1-8-15-16-13(9-2-4-11(14)5-3-9)10(7-19-8)6-12(17)18/h2-5,10H,6-7H2,1H3,(H,17,18). The third-order valence-electron chi connectivity index (χ3n) is 2.74.